The average Bonchev–Trinajstić information content (AvgIpc) is 3.44. The highest BCUT2D eigenvalue weighted by Crippen LogP contribution is 2.68. The lowest BCUT2D eigenvalue weighted by atomic mass is 9.70. The van der Waals surface area contributed by atoms with Crippen LogP contribution in [-0.2, 0) is 14.4 Å². The van der Waals surface area contributed by atoms with Gasteiger partial charge in [-0.1, -0.05) is 45.7 Å². The number of anilines is 2. The second-order valence-corrected chi connectivity index (χ2v) is 12.4. The van der Waals surface area contributed by atoms with Gasteiger partial charge in [-0.15, -0.1) is 11.8 Å². The van der Waals surface area contributed by atoms with Crippen molar-refractivity contribution in [3.8, 4) is 0 Å². The standard InChI is InChI=1S/C25H25BrClN3O4S/c1-13(12-31)30-21(23(33)29-16-9-7-14(27)8-10-16)25-11-17(26)20(35-25)18(19(25)24(30)34)22(32)28-15-5-3-2-4-6-15/h2-10,13,17-21,31H,11-12H2,1H3,(H,28,32)(H,29,33)/t13-,17?,18+,19+,20+,21?,25?/m1/s1. The Morgan fingerprint density at radius 3 is 2.43 bits per heavy atom. The first-order chi connectivity index (χ1) is 16.8. The average molecular weight is 579 g/mol. The lowest BCUT2D eigenvalue weighted by Gasteiger charge is -2.36. The van der Waals surface area contributed by atoms with Crippen LogP contribution in [-0.4, -0.2) is 61.2 Å². The molecule has 2 aromatic carbocycles. The minimum atomic E-state index is -0.831. The Morgan fingerprint density at radius 2 is 1.77 bits per heavy atom. The van der Waals surface area contributed by atoms with Crippen LogP contribution in [0, 0.1) is 11.8 Å². The topological polar surface area (TPSA) is 98.7 Å². The molecule has 184 valence electrons. The van der Waals surface area contributed by atoms with E-state index < -0.39 is 28.7 Å². The first-order valence-electron chi connectivity index (χ1n) is 11.4. The predicted octanol–water partition coefficient (Wildman–Crippen LogP) is 3.76. The SMILES string of the molecule is C[C@H](CO)N1C(=O)[C@@H]2[C@H](C(=O)Nc3ccccc3)[C@H]3SC2(CC3Br)C1C(=O)Nc1ccc(Cl)cc1. The highest BCUT2D eigenvalue weighted by Gasteiger charge is 2.76. The molecule has 1 spiro atoms. The second-order valence-electron chi connectivity index (χ2n) is 9.29. The first-order valence-corrected chi connectivity index (χ1v) is 13.6. The number of nitrogens with zero attached hydrogens (tertiary/aromatic N) is 1. The summed E-state index contributed by atoms with van der Waals surface area (Å²) in [4.78, 5) is 42.6. The molecule has 3 fully saturated rings. The number of para-hydroxylation sites is 1. The fourth-order valence-corrected chi connectivity index (χ4v) is 9.45. The number of aliphatic hydroxyl groups excluding tert-OH is 1. The molecule has 3 amide bonds. The molecular formula is C25H25BrClN3O4S. The molecule has 0 radical (unpaired) electrons. The molecule has 3 aliphatic heterocycles. The maximum atomic E-state index is 13.9. The number of carbonyl (C=O) groups excluding carboxylic acids is 3. The lowest BCUT2D eigenvalue weighted by molar-refractivity contribution is -0.140. The summed E-state index contributed by atoms with van der Waals surface area (Å²) in [5, 5.41) is 16.2. The molecule has 3 aliphatic rings. The number of rotatable bonds is 6. The van der Waals surface area contributed by atoms with Gasteiger partial charge in [-0.3, -0.25) is 14.4 Å². The van der Waals surface area contributed by atoms with Crippen molar-refractivity contribution in [1.29, 1.82) is 0 Å². The fourth-order valence-electron chi connectivity index (χ4n) is 5.72. The van der Waals surface area contributed by atoms with Crippen molar-refractivity contribution in [2.75, 3.05) is 17.2 Å². The van der Waals surface area contributed by atoms with Crippen LogP contribution < -0.4 is 10.6 Å². The van der Waals surface area contributed by atoms with Crippen molar-refractivity contribution < 1.29 is 19.5 Å². The van der Waals surface area contributed by atoms with Crippen LogP contribution >= 0.6 is 39.3 Å². The summed E-state index contributed by atoms with van der Waals surface area (Å²) < 4.78 is -0.783. The number of alkyl halides is 1. The fraction of sp³-hybridized carbons (Fsp3) is 0.400. The van der Waals surface area contributed by atoms with Crippen LogP contribution in [0.1, 0.15) is 13.3 Å². The molecule has 7 nitrogen and oxygen atoms in total. The van der Waals surface area contributed by atoms with Gasteiger partial charge in [0.2, 0.25) is 17.7 Å². The number of halogens is 2. The summed E-state index contributed by atoms with van der Waals surface area (Å²) in [5.41, 5.74) is 1.23. The van der Waals surface area contributed by atoms with E-state index in [2.05, 4.69) is 26.6 Å². The molecule has 0 aromatic heterocycles. The normalized spacial score (nSPS) is 31.8. The van der Waals surface area contributed by atoms with Crippen molar-refractivity contribution in [2.24, 2.45) is 11.8 Å². The van der Waals surface area contributed by atoms with Gasteiger partial charge in [0.1, 0.15) is 6.04 Å². The minimum Gasteiger partial charge on any atom is -0.394 e. The summed E-state index contributed by atoms with van der Waals surface area (Å²) in [6.45, 7) is 1.44. The van der Waals surface area contributed by atoms with Gasteiger partial charge >= 0.3 is 0 Å². The zero-order valence-corrected chi connectivity index (χ0v) is 22.0. The third-order valence-corrected chi connectivity index (χ3v) is 10.6. The maximum absolute atomic E-state index is 13.9. The van der Waals surface area contributed by atoms with Crippen LogP contribution in [0.15, 0.2) is 54.6 Å². The summed E-state index contributed by atoms with van der Waals surface area (Å²) in [7, 11) is 0. The van der Waals surface area contributed by atoms with Gasteiger partial charge in [-0.2, -0.15) is 0 Å². The molecule has 3 N–H and O–H groups in total. The largest absolute Gasteiger partial charge is 0.394 e. The number of hydrogen-bond acceptors (Lipinski definition) is 5. The Bertz CT molecular complexity index is 1150. The van der Waals surface area contributed by atoms with Crippen molar-refractivity contribution in [2.45, 2.75) is 40.3 Å². The van der Waals surface area contributed by atoms with Gasteiger partial charge in [0.05, 0.1) is 29.2 Å². The Kier molecular flexibility index (Phi) is 6.63. The zero-order chi connectivity index (χ0) is 24.9. The molecule has 3 saturated heterocycles. The third-order valence-electron chi connectivity index (χ3n) is 7.17. The number of nitrogens with one attached hydrogen (secondary N) is 2. The Morgan fingerprint density at radius 1 is 1.14 bits per heavy atom. The third kappa shape index (κ3) is 4.06. The summed E-state index contributed by atoms with van der Waals surface area (Å²) >= 11 is 11.3. The van der Waals surface area contributed by atoms with E-state index >= 15 is 0 Å². The van der Waals surface area contributed by atoms with Gasteiger partial charge in [-0.25, -0.2) is 0 Å². The summed E-state index contributed by atoms with van der Waals surface area (Å²) in [6, 6.07) is 14.5. The van der Waals surface area contributed by atoms with Crippen LogP contribution in [0.5, 0.6) is 0 Å². The molecule has 7 atom stereocenters. The number of hydrogen-bond donors (Lipinski definition) is 3. The molecule has 2 aromatic rings. The molecule has 0 saturated carbocycles. The molecule has 10 heteroatoms. The molecule has 35 heavy (non-hydrogen) atoms. The zero-order valence-electron chi connectivity index (χ0n) is 18.9. The van der Waals surface area contributed by atoms with Crippen LogP contribution in [0.2, 0.25) is 5.02 Å². The van der Waals surface area contributed by atoms with E-state index in [1.807, 2.05) is 18.2 Å². The number of carbonyl (C=O) groups is 3. The molecule has 3 heterocycles. The van der Waals surface area contributed by atoms with Crippen molar-refractivity contribution in [3.05, 3.63) is 59.6 Å². The monoisotopic (exact) mass is 577 g/mol. The summed E-state index contributed by atoms with van der Waals surface area (Å²) in [6.07, 6.45) is 0.571. The van der Waals surface area contributed by atoms with E-state index in [4.69, 9.17) is 11.6 Å². The minimum absolute atomic E-state index is 0.0294. The number of likely N-dealkylation sites (tertiary alicyclic amines) is 1. The number of aliphatic hydroxyl groups is 1. The van der Waals surface area contributed by atoms with Gasteiger partial charge in [-0.05, 0) is 49.7 Å². The van der Waals surface area contributed by atoms with Crippen molar-refractivity contribution >= 4 is 68.4 Å². The number of benzene rings is 2. The molecule has 2 bridgehead atoms. The second kappa shape index (κ2) is 9.42. The number of fused-ring (bicyclic) bond motifs is 1. The highest BCUT2D eigenvalue weighted by molar-refractivity contribution is 9.09. The van der Waals surface area contributed by atoms with Crippen molar-refractivity contribution in [1.82, 2.24) is 4.90 Å². The molecule has 5 rings (SSSR count). The maximum Gasteiger partial charge on any atom is 0.248 e. The molecule has 3 unspecified atom stereocenters. The van der Waals surface area contributed by atoms with E-state index in [1.165, 1.54) is 4.90 Å². The predicted molar refractivity (Wildman–Crippen MR) is 141 cm³/mol. The lowest BCUT2D eigenvalue weighted by Crippen LogP contribution is -2.54. The molecule has 0 aliphatic carbocycles. The Labute approximate surface area is 221 Å². The Balaban J connectivity index is 1.50. The first kappa shape index (κ1) is 24.6. The van der Waals surface area contributed by atoms with Gasteiger partial charge in [0.25, 0.3) is 0 Å². The highest BCUT2D eigenvalue weighted by atomic mass is 79.9. The Hall–Kier alpha value is -2.07. The van der Waals surface area contributed by atoms with Crippen LogP contribution in [0.3, 0.4) is 0 Å². The quantitative estimate of drug-likeness (QED) is 0.454. The van der Waals surface area contributed by atoms with Crippen molar-refractivity contribution in [3.63, 3.8) is 0 Å². The molecular weight excluding hydrogens is 554 g/mol. The van der Waals surface area contributed by atoms with Gasteiger partial charge in [0.15, 0.2) is 0 Å². The number of amides is 3. The van der Waals surface area contributed by atoms with Crippen LogP contribution in [0.25, 0.3) is 0 Å². The van der Waals surface area contributed by atoms with E-state index in [0.717, 1.165) is 0 Å². The number of thioether (sulfide) groups is 1. The smallest absolute Gasteiger partial charge is 0.248 e. The van der Waals surface area contributed by atoms with Gasteiger partial charge < -0.3 is 20.6 Å². The van der Waals surface area contributed by atoms with E-state index in [-0.39, 0.29) is 34.4 Å². The van der Waals surface area contributed by atoms with E-state index in [1.54, 1.807) is 55.1 Å². The van der Waals surface area contributed by atoms with E-state index in [0.29, 0.717) is 22.8 Å². The van der Waals surface area contributed by atoms with E-state index in [9.17, 15) is 19.5 Å². The van der Waals surface area contributed by atoms with Crippen LogP contribution in [0.4, 0.5) is 11.4 Å². The van der Waals surface area contributed by atoms with Gasteiger partial charge in [0, 0.05) is 26.5 Å². The summed E-state index contributed by atoms with van der Waals surface area (Å²) in [5.74, 6) is -2.09.